The van der Waals surface area contributed by atoms with Crippen LogP contribution in [0.5, 0.6) is 0 Å². The van der Waals surface area contributed by atoms with Crippen LogP contribution in [0.4, 0.5) is 0 Å². The first kappa shape index (κ1) is 10.3. The number of epoxide rings is 1. The van der Waals surface area contributed by atoms with Gasteiger partial charge in [-0.25, -0.2) is 4.79 Å². The lowest BCUT2D eigenvalue weighted by atomic mass is 9.85. The van der Waals surface area contributed by atoms with E-state index in [1.165, 1.54) is 12.8 Å². The SMILES string of the molecule is C=C(C)C(=O)OC1CC2CC1CC2C1CO1. The lowest BCUT2D eigenvalue weighted by molar-refractivity contribution is -0.147. The monoisotopic (exact) mass is 222 g/mol. The molecular weight excluding hydrogens is 204 g/mol. The van der Waals surface area contributed by atoms with E-state index in [1.54, 1.807) is 6.92 Å². The number of rotatable bonds is 3. The summed E-state index contributed by atoms with van der Waals surface area (Å²) in [5, 5.41) is 0. The Labute approximate surface area is 95.8 Å². The molecule has 2 bridgehead atoms. The highest BCUT2D eigenvalue weighted by Crippen LogP contribution is 2.53. The molecule has 1 aliphatic heterocycles. The Morgan fingerprint density at radius 3 is 2.56 bits per heavy atom. The normalized spacial score (nSPS) is 44.4. The molecule has 0 aromatic heterocycles. The van der Waals surface area contributed by atoms with Gasteiger partial charge in [0.2, 0.25) is 0 Å². The zero-order valence-corrected chi connectivity index (χ0v) is 9.65. The van der Waals surface area contributed by atoms with Gasteiger partial charge >= 0.3 is 5.97 Å². The van der Waals surface area contributed by atoms with Crippen molar-refractivity contribution in [1.29, 1.82) is 0 Å². The summed E-state index contributed by atoms with van der Waals surface area (Å²) in [6, 6.07) is 0. The molecule has 3 nitrogen and oxygen atoms in total. The molecule has 3 fully saturated rings. The molecule has 5 atom stereocenters. The highest BCUT2D eigenvalue weighted by molar-refractivity contribution is 5.87. The number of fused-ring (bicyclic) bond motifs is 2. The molecular formula is C13H18O3. The van der Waals surface area contributed by atoms with Crippen molar-refractivity contribution in [3.63, 3.8) is 0 Å². The van der Waals surface area contributed by atoms with Gasteiger partial charge < -0.3 is 9.47 Å². The third-order valence-corrected chi connectivity index (χ3v) is 4.29. The maximum atomic E-state index is 11.5. The Bertz CT molecular complexity index is 332. The molecule has 0 N–H and O–H groups in total. The van der Waals surface area contributed by atoms with Crippen LogP contribution in [-0.4, -0.2) is 24.8 Å². The van der Waals surface area contributed by atoms with Crippen molar-refractivity contribution in [2.24, 2.45) is 17.8 Å². The molecule has 2 saturated carbocycles. The standard InChI is InChI=1S/C13H18O3/c1-7(2)13(14)16-11-5-8-3-9(11)4-10(8)12-6-15-12/h8-12H,1,3-6H2,2H3. The second-order valence-electron chi connectivity index (χ2n) is 5.49. The van der Waals surface area contributed by atoms with Crippen LogP contribution in [0.1, 0.15) is 26.2 Å². The molecule has 0 spiro atoms. The molecule has 0 aromatic rings. The quantitative estimate of drug-likeness (QED) is 0.416. The third-order valence-electron chi connectivity index (χ3n) is 4.29. The number of hydrogen-bond donors (Lipinski definition) is 0. The van der Waals surface area contributed by atoms with Crippen molar-refractivity contribution >= 4 is 5.97 Å². The average Bonchev–Trinajstić information content (AvgIpc) is 2.91. The van der Waals surface area contributed by atoms with Crippen LogP contribution in [-0.2, 0) is 14.3 Å². The van der Waals surface area contributed by atoms with Gasteiger partial charge in [0.15, 0.2) is 0 Å². The third kappa shape index (κ3) is 1.67. The Morgan fingerprint density at radius 1 is 1.31 bits per heavy atom. The zero-order valence-electron chi connectivity index (χ0n) is 9.65. The van der Waals surface area contributed by atoms with E-state index < -0.39 is 0 Å². The van der Waals surface area contributed by atoms with Crippen LogP contribution in [0.15, 0.2) is 12.2 Å². The van der Waals surface area contributed by atoms with Crippen LogP contribution < -0.4 is 0 Å². The molecule has 5 unspecified atom stereocenters. The average molecular weight is 222 g/mol. The molecule has 1 saturated heterocycles. The van der Waals surface area contributed by atoms with Crippen molar-refractivity contribution in [3.8, 4) is 0 Å². The summed E-state index contributed by atoms with van der Waals surface area (Å²) < 4.78 is 10.9. The Kier molecular flexibility index (Phi) is 2.32. The number of ether oxygens (including phenoxy) is 2. The molecule has 3 aliphatic rings. The summed E-state index contributed by atoms with van der Waals surface area (Å²) in [5.74, 6) is 1.81. The number of esters is 1. The van der Waals surface area contributed by atoms with Gasteiger partial charge in [-0.2, -0.15) is 0 Å². The molecule has 2 aliphatic carbocycles. The Morgan fingerprint density at radius 2 is 2.06 bits per heavy atom. The molecule has 3 rings (SSSR count). The van der Waals surface area contributed by atoms with Crippen molar-refractivity contribution in [1.82, 2.24) is 0 Å². The first-order valence-electron chi connectivity index (χ1n) is 6.13. The van der Waals surface area contributed by atoms with Crippen molar-refractivity contribution in [2.45, 2.75) is 38.4 Å². The van der Waals surface area contributed by atoms with Gasteiger partial charge in [-0.3, -0.25) is 0 Å². The lowest BCUT2D eigenvalue weighted by Crippen LogP contribution is -2.29. The van der Waals surface area contributed by atoms with E-state index in [9.17, 15) is 4.79 Å². The fourth-order valence-electron chi connectivity index (χ4n) is 3.41. The zero-order chi connectivity index (χ0) is 11.3. The van der Waals surface area contributed by atoms with Crippen molar-refractivity contribution in [3.05, 3.63) is 12.2 Å². The highest BCUT2D eigenvalue weighted by Gasteiger charge is 2.52. The Balaban J connectivity index is 1.58. The number of hydrogen-bond acceptors (Lipinski definition) is 3. The van der Waals surface area contributed by atoms with E-state index in [4.69, 9.17) is 9.47 Å². The van der Waals surface area contributed by atoms with Crippen LogP contribution in [0.2, 0.25) is 0 Å². The minimum absolute atomic E-state index is 0.143. The van der Waals surface area contributed by atoms with E-state index in [2.05, 4.69) is 6.58 Å². The minimum atomic E-state index is -0.225. The highest BCUT2D eigenvalue weighted by atomic mass is 16.6. The molecule has 1 heterocycles. The first-order valence-corrected chi connectivity index (χ1v) is 6.13. The van der Waals surface area contributed by atoms with Gasteiger partial charge in [0.1, 0.15) is 6.10 Å². The van der Waals surface area contributed by atoms with Crippen molar-refractivity contribution < 1.29 is 14.3 Å². The maximum absolute atomic E-state index is 11.5. The Hall–Kier alpha value is -0.830. The summed E-state index contributed by atoms with van der Waals surface area (Å²) in [5.41, 5.74) is 0.504. The topological polar surface area (TPSA) is 38.8 Å². The molecule has 16 heavy (non-hydrogen) atoms. The van der Waals surface area contributed by atoms with Gasteiger partial charge in [0.05, 0.1) is 12.7 Å². The van der Waals surface area contributed by atoms with E-state index in [0.717, 1.165) is 24.9 Å². The maximum Gasteiger partial charge on any atom is 0.333 e. The molecule has 0 aromatic carbocycles. The second-order valence-corrected chi connectivity index (χ2v) is 5.49. The van der Waals surface area contributed by atoms with E-state index in [1.807, 2.05) is 0 Å². The molecule has 88 valence electrons. The van der Waals surface area contributed by atoms with Gasteiger partial charge in [0.25, 0.3) is 0 Å². The summed E-state index contributed by atoms with van der Waals surface area (Å²) >= 11 is 0. The largest absolute Gasteiger partial charge is 0.459 e. The predicted molar refractivity (Wildman–Crippen MR) is 58.8 cm³/mol. The molecule has 3 heteroatoms. The summed E-state index contributed by atoms with van der Waals surface area (Å²) in [6.45, 7) is 6.27. The second kappa shape index (κ2) is 3.59. The van der Waals surface area contributed by atoms with Gasteiger partial charge in [-0.05, 0) is 43.9 Å². The summed E-state index contributed by atoms with van der Waals surface area (Å²) in [7, 11) is 0. The van der Waals surface area contributed by atoms with Crippen LogP contribution >= 0.6 is 0 Å². The molecule has 0 radical (unpaired) electrons. The smallest absolute Gasteiger partial charge is 0.333 e. The summed E-state index contributed by atoms with van der Waals surface area (Å²) in [4.78, 5) is 11.5. The van der Waals surface area contributed by atoms with E-state index in [-0.39, 0.29) is 12.1 Å². The van der Waals surface area contributed by atoms with Crippen LogP contribution in [0.25, 0.3) is 0 Å². The van der Waals surface area contributed by atoms with Crippen molar-refractivity contribution in [2.75, 3.05) is 6.61 Å². The van der Waals surface area contributed by atoms with E-state index >= 15 is 0 Å². The number of carbonyl (C=O) groups is 1. The van der Waals surface area contributed by atoms with Gasteiger partial charge in [0, 0.05) is 5.57 Å². The number of carbonyl (C=O) groups excluding carboxylic acids is 1. The van der Waals surface area contributed by atoms with E-state index in [0.29, 0.717) is 17.6 Å². The predicted octanol–water partition coefficient (Wildman–Crippen LogP) is 1.92. The summed E-state index contributed by atoms with van der Waals surface area (Å²) in [6.07, 6.45) is 4.10. The van der Waals surface area contributed by atoms with Crippen LogP contribution in [0.3, 0.4) is 0 Å². The lowest BCUT2D eigenvalue weighted by Gasteiger charge is -2.26. The van der Waals surface area contributed by atoms with Gasteiger partial charge in [-0.15, -0.1) is 0 Å². The fraction of sp³-hybridized carbons (Fsp3) is 0.769. The fourth-order valence-corrected chi connectivity index (χ4v) is 3.41. The first-order chi connectivity index (χ1) is 7.65. The minimum Gasteiger partial charge on any atom is -0.459 e. The van der Waals surface area contributed by atoms with Gasteiger partial charge in [-0.1, -0.05) is 6.58 Å². The van der Waals surface area contributed by atoms with Crippen LogP contribution in [0, 0.1) is 17.8 Å². The molecule has 0 amide bonds.